The van der Waals surface area contributed by atoms with Crippen LogP contribution >= 0.6 is 23.2 Å². The molecule has 4 nitrogen and oxygen atoms in total. The number of nitro benzene ring substituents is 1. The van der Waals surface area contributed by atoms with Crippen LogP contribution in [0.1, 0.15) is 11.1 Å². The maximum absolute atomic E-state index is 10.9. The molecule has 0 heterocycles. The third kappa shape index (κ3) is 3.86. The molecular weight excluding hydrogens is 313 g/mol. The molecule has 110 valence electrons. The number of hydrogen-bond donors (Lipinski definition) is 0. The summed E-state index contributed by atoms with van der Waals surface area (Å²) in [5, 5.41) is 11.5. The topological polar surface area (TPSA) is 52.4 Å². The van der Waals surface area contributed by atoms with E-state index in [-0.39, 0.29) is 16.5 Å². The second-order valence-electron chi connectivity index (χ2n) is 4.33. The minimum absolute atomic E-state index is 0.102. The molecule has 2 aromatic rings. The van der Waals surface area contributed by atoms with Crippen LogP contribution in [0.3, 0.4) is 0 Å². The predicted octanol–water partition coefficient (Wildman–Crippen LogP) is 4.61. The molecule has 2 aromatic carbocycles. The summed E-state index contributed by atoms with van der Waals surface area (Å²) in [5.41, 5.74) is 1.46. The van der Waals surface area contributed by atoms with E-state index in [0.29, 0.717) is 29.4 Å². The van der Waals surface area contributed by atoms with Crippen LogP contribution in [0.2, 0.25) is 5.02 Å². The average Bonchev–Trinajstić information content (AvgIpc) is 2.48. The normalized spacial score (nSPS) is 10.4. The van der Waals surface area contributed by atoms with Gasteiger partial charge in [0.25, 0.3) is 5.69 Å². The van der Waals surface area contributed by atoms with Crippen LogP contribution < -0.4 is 4.74 Å². The van der Waals surface area contributed by atoms with Gasteiger partial charge in [0.15, 0.2) is 0 Å². The number of benzene rings is 2. The monoisotopic (exact) mass is 325 g/mol. The number of halogens is 2. The van der Waals surface area contributed by atoms with Gasteiger partial charge in [0.2, 0.25) is 0 Å². The fraction of sp³-hybridized carbons (Fsp3) is 0.200. The second-order valence-corrected chi connectivity index (χ2v) is 5.01. The summed E-state index contributed by atoms with van der Waals surface area (Å²) in [6.45, 7) is 0.315. The van der Waals surface area contributed by atoms with Crippen molar-refractivity contribution in [3.63, 3.8) is 0 Å². The molecule has 0 atom stereocenters. The summed E-state index contributed by atoms with van der Waals surface area (Å²) in [6, 6.07) is 11.9. The number of ether oxygens (including phenoxy) is 1. The van der Waals surface area contributed by atoms with Crippen molar-refractivity contribution in [1.29, 1.82) is 0 Å². The molecule has 2 rings (SSSR count). The Morgan fingerprint density at radius 1 is 1.14 bits per heavy atom. The van der Waals surface area contributed by atoms with Gasteiger partial charge in [-0.25, -0.2) is 0 Å². The van der Waals surface area contributed by atoms with Crippen LogP contribution in [0, 0.1) is 10.1 Å². The van der Waals surface area contributed by atoms with Crippen LogP contribution in [-0.2, 0) is 12.3 Å². The molecule has 21 heavy (non-hydrogen) atoms. The minimum Gasteiger partial charge on any atom is -0.493 e. The molecule has 0 unspecified atom stereocenters. The van der Waals surface area contributed by atoms with Crippen LogP contribution in [0.25, 0.3) is 0 Å². The van der Waals surface area contributed by atoms with Crippen molar-refractivity contribution in [2.75, 3.05) is 6.61 Å². The standard InChI is InChI=1S/C15H13Cl2NO3/c16-10-12-13(17)5-3-7-15(12)21-9-8-11-4-1-2-6-14(11)18(19)20/h1-7H,8-10H2. The van der Waals surface area contributed by atoms with Gasteiger partial charge in [-0.2, -0.15) is 0 Å². The van der Waals surface area contributed by atoms with Crippen LogP contribution in [0.5, 0.6) is 5.75 Å². The van der Waals surface area contributed by atoms with E-state index in [2.05, 4.69) is 0 Å². The van der Waals surface area contributed by atoms with Gasteiger partial charge in [0.05, 0.1) is 17.4 Å². The van der Waals surface area contributed by atoms with Crippen molar-refractivity contribution in [2.45, 2.75) is 12.3 Å². The molecule has 0 aromatic heterocycles. The lowest BCUT2D eigenvalue weighted by Gasteiger charge is -2.11. The Kier molecular flexibility index (Phi) is 5.42. The molecule has 0 amide bonds. The van der Waals surface area contributed by atoms with Crippen molar-refractivity contribution in [2.24, 2.45) is 0 Å². The molecule has 0 aliphatic heterocycles. The SMILES string of the molecule is O=[N+]([O-])c1ccccc1CCOc1cccc(Cl)c1CCl. The molecule has 0 bridgehead atoms. The maximum Gasteiger partial charge on any atom is 0.272 e. The molecule has 6 heteroatoms. The summed E-state index contributed by atoms with van der Waals surface area (Å²) < 4.78 is 5.66. The Balaban J connectivity index is 2.06. The third-order valence-electron chi connectivity index (χ3n) is 3.03. The summed E-state index contributed by atoms with van der Waals surface area (Å²) in [4.78, 5) is 10.5. The summed E-state index contributed by atoms with van der Waals surface area (Å²) in [6.07, 6.45) is 0.436. The zero-order valence-corrected chi connectivity index (χ0v) is 12.6. The van der Waals surface area contributed by atoms with E-state index in [0.717, 1.165) is 5.56 Å². The largest absolute Gasteiger partial charge is 0.493 e. The Bertz CT molecular complexity index is 647. The van der Waals surface area contributed by atoms with Gasteiger partial charge in [-0.05, 0) is 12.1 Å². The molecule has 0 saturated carbocycles. The lowest BCUT2D eigenvalue weighted by molar-refractivity contribution is -0.385. The van der Waals surface area contributed by atoms with Crippen molar-refractivity contribution in [3.05, 3.63) is 68.7 Å². The molecule has 0 saturated heterocycles. The van der Waals surface area contributed by atoms with Crippen LogP contribution in [0.15, 0.2) is 42.5 Å². The van der Waals surface area contributed by atoms with E-state index in [1.807, 2.05) is 0 Å². The van der Waals surface area contributed by atoms with E-state index < -0.39 is 0 Å². The fourth-order valence-corrected chi connectivity index (χ4v) is 2.55. The lowest BCUT2D eigenvalue weighted by atomic mass is 10.1. The molecule has 0 spiro atoms. The summed E-state index contributed by atoms with van der Waals surface area (Å²) in [5.74, 6) is 0.858. The van der Waals surface area contributed by atoms with Crippen molar-refractivity contribution in [1.82, 2.24) is 0 Å². The highest BCUT2D eigenvalue weighted by atomic mass is 35.5. The van der Waals surface area contributed by atoms with Gasteiger partial charge in [-0.1, -0.05) is 35.9 Å². The van der Waals surface area contributed by atoms with Crippen molar-refractivity contribution >= 4 is 28.9 Å². The Hall–Kier alpha value is -1.78. The average molecular weight is 326 g/mol. The lowest BCUT2D eigenvalue weighted by Crippen LogP contribution is -2.05. The van der Waals surface area contributed by atoms with Crippen molar-refractivity contribution < 1.29 is 9.66 Å². The first-order valence-electron chi connectivity index (χ1n) is 6.32. The first kappa shape index (κ1) is 15.6. The molecule has 0 aliphatic carbocycles. The van der Waals surface area contributed by atoms with Gasteiger partial charge in [0.1, 0.15) is 5.75 Å². The van der Waals surface area contributed by atoms with Gasteiger partial charge in [-0.15, -0.1) is 11.6 Å². The number of nitro groups is 1. The zero-order valence-electron chi connectivity index (χ0n) is 11.1. The van der Waals surface area contributed by atoms with E-state index in [9.17, 15) is 10.1 Å². The Morgan fingerprint density at radius 3 is 2.62 bits per heavy atom. The molecule has 0 N–H and O–H groups in total. The summed E-state index contributed by atoms with van der Waals surface area (Å²) >= 11 is 11.9. The zero-order chi connectivity index (χ0) is 15.2. The van der Waals surface area contributed by atoms with Gasteiger partial charge >= 0.3 is 0 Å². The quantitative estimate of drug-likeness (QED) is 0.442. The highest BCUT2D eigenvalue weighted by Crippen LogP contribution is 2.28. The first-order valence-corrected chi connectivity index (χ1v) is 7.23. The van der Waals surface area contributed by atoms with Gasteiger partial charge < -0.3 is 4.74 Å². The highest BCUT2D eigenvalue weighted by molar-refractivity contribution is 6.32. The third-order valence-corrected chi connectivity index (χ3v) is 3.65. The highest BCUT2D eigenvalue weighted by Gasteiger charge is 2.13. The van der Waals surface area contributed by atoms with E-state index >= 15 is 0 Å². The van der Waals surface area contributed by atoms with E-state index in [1.54, 1.807) is 36.4 Å². The first-order chi connectivity index (χ1) is 10.1. The van der Waals surface area contributed by atoms with E-state index in [4.69, 9.17) is 27.9 Å². The smallest absolute Gasteiger partial charge is 0.272 e. The predicted molar refractivity (Wildman–Crippen MR) is 83.3 cm³/mol. The minimum atomic E-state index is -0.390. The number of nitrogens with zero attached hydrogens (tertiary/aromatic N) is 1. The Morgan fingerprint density at radius 2 is 1.90 bits per heavy atom. The summed E-state index contributed by atoms with van der Waals surface area (Å²) in [7, 11) is 0. The van der Waals surface area contributed by atoms with Crippen molar-refractivity contribution in [3.8, 4) is 5.75 Å². The second kappa shape index (κ2) is 7.29. The number of alkyl halides is 1. The molecule has 0 radical (unpaired) electrons. The molecular formula is C15H13Cl2NO3. The number of para-hydroxylation sites is 1. The molecule has 0 fully saturated rings. The maximum atomic E-state index is 10.9. The van der Waals surface area contributed by atoms with Crippen LogP contribution in [0.4, 0.5) is 5.69 Å². The molecule has 0 aliphatic rings. The number of hydrogen-bond acceptors (Lipinski definition) is 3. The Labute approximate surface area is 132 Å². The van der Waals surface area contributed by atoms with E-state index in [1.165, 1.54) is 6.07 Å². The van der Waals surface area contributed by atoms with Crippen LogP contribution in [-0.4, -0.2) is 11.5 Å². The van der Waals surface area contributed by atoms with Gasteiger partial charge in [-0.3, -0.25) is 10.1 Å². The fourth-order valence-electron chi connectivity index (χ4n) is 1.98. The number of rotatable bonds is 6. The van der Waals surface area contributed by atoms with Gasteiger partial charge in [0, 0.05) is 28.6 Å².